The van der Waals surface area contributed by atoms with Crippen molar-refractivity contribution < 1.29 is 4.74 Å². The fraction of sp³-hybridized carbons (Fsp3) is 0.375. The van der Waals surface area contributed by atoms with Gasteiger partial charge in [0.05, 0.1) is 7.11 Å². The fourth-order valence-corrected chi connectivity index (χ4v) is 3.48. The smallest absolute Gasteiger partial charge is 0.119 e. The van der Waals surface area contributed by atoms with Gasteiger partial charge in [0.15, 0.2) is 0 Å². The highest BCUT2D eigenvalue weighted by Gasteiger charge is 2.32. The molecule has 0 bridgehead atoms. The third-order valence-electron chi connectivity index (χ3n) is 4.52. The first-order chi connectivity index (χ1) is 9.35. The predicted octanol–water partition coefficient (Wildman–Crippen LogP) is 2.68. The summed E-state index contributed by atoms with van der Waals surface area (Å²) in [6, 6.07) is 9.29. The van der Waals surface area contributed by atoms with E-state index in [9.17, 15) is 0 Å². The molecule has 0 saturated heterocycles. The van der Waals surface area contributed by atoms with Crippen molar-refractivity contribution in [2.45, 2.75) is 25.4 Å². The van der Waals surface area contributed by atoms with Gasteiger partial charge in [-0.05, 0) is 41.3 Å². The van der Waals surface area contributed by atoms with Crippen molar-refractivity contribution in [1.29, 1.82) is 0 Å². The molecular weight excluding hydrogens is 236 g/mol. The minimum absolute atomic E-state index is 0.529. The highest BCUT2D eigenvalue weighted by Crippen LogP contribution is 2.38. The molecule has 2 aromatic rings. The second-order valence-corrected chi connectivity index (χ2v) is 5.49. The number of ether oxygens (including phenoxy) is 1. The van der Waals surface area contributed by atoms with E-state index in [1.54, 1.807) is 7.11 Å². The number of methoxy groups -OCH3 is 1. The van der Waals surface area contributed by atoms with E-state index >= 15 is 0 Å². The summed E-state index contributed by atoms with van der Waals surface area (Å²) >= 11 is 0. The molecule has 1 atom stereocenters. The Balaban J connectivity index is 1.75. The first-order valence-electron chi connectivity index (χ1n) is 6.91. The number of aromatic amines is 1. The molecule has 1 aromatic heterocycles. The quantitative estimate of drug-likeness (QED) is 0.847. The molecule has 1 N–H and O–H groups in total. The van der Waals surface area contributed by atoms with Crippen LogP contribution in [0.4, 0.5) is 0 Å². The second-order valence-electron chi connectivity index (χ2n) is 5.49. The van der Waals surface area contributed by atoms with E-state index in [0.29, 0.717) is 6.04 Å². The van der Waals surface area contributed by atoms with Crippen LogP contribution in [0.15, 0.2) is 30.5 Å². The molecule has 0 radical (unpaired) electrons. The molecule has 2 aliphatic heterocycles. The summed E-state index contributed by atoms with van der Waals surface area (Å²) in [5, 5.41) is 0. The Hall–Kier alpha value is -1.74. The molecule has 98 valence electrons. The molecular formula is C16H18N2O. The maximum absolute atomic E-state index is 5.34. The number of nitrogens with one attached hydrogen (secondary N) is 1. The van der Waals surface area contributed by atoms with E-state index in [1.165, 1.54) is 22.4 Å². The van der Waals surface area contributed by atoms with Crippen LogP contribution in [-0.4, -0.2) is 23.5 Å². The minimum Gasteiger partial charge on any atom is -0.497 e. The van der Waals surface area contributed by atoms with Crippen LogP contribution in [0.1, 0.15) is 28.4 Å². The van der Waals surface area contributed by atoms with Gasteiger partial charge < -0.3 is 9.72 Å². The molecule has 0 amide bonds. The van der Waals surface area contributed by atoms with Gasteiger partial charge in [0.25, 0.3) is 0 Å². The molecule has 3 heterocycles. The summed E-state index contributed by atoms with van der Waals surface area (Å²) in [5.41, 5.74) is 5.81. The van der Waals surface area contributed by atoms with Crippen LogP contribution in [0.3, 0.4) is 0 Å². The number of hydrogen-bond acceptors (Lipinski definition) is 2. The van der Waals surface area contributed by atoms with Crippen LogP contribution in [0, 0.1) is 0 Å². The molecule has 2 aliphatic rings. The number of aromatic nitrogens is 1. The number of rotatable bonds is 1. The van der Waals surface area contributed by atoms with Crippen molar-refractivity contribution in [2.75, 3.05) is 13.7 Å². The summed E-state index contributed by atoms with van der Waals surface area (Å²) < 4.78 is 5.34. The molecule has 3 nitrogen and oxygen atoms in total. The van der Waals surface area contributed by atoms with Crippen LogP contribution in [0.25, 0.3) is 0 Å². The third kappa shape index (κ3) is 1.69. The molecule has 1 aromatic carbocycles. The normalized spacial score (nSPS) is 21.4. The maximum Gasteiger partial charge on any atom is 0.119 e. The van der Waals surface area contributed by atoms with Gasteiger partial charge in [-0.15, -0.1) is 0 Å². The highest BCUT2D eigenvalue weighted by molar-refractivity contribution is 5.41. The van der Waals surface area contributed by atoms with E-state index in [4.69, 9.17) is 4.74 Å². The van der Waals surface area contributed by atoms with Crippen LogP contribution >= 0.6 is 0 Å². The third-order valence-corrected chi connectivity index (χ3v) is 4.52. The number of hydrogen-bond donors (Lipinski definition) is 1. The number of nitrogens with zero attached hydrogens (tertiary/aromatic N) is 1. The van der Waals surface area contributed by atoms with Gasteiger partial charge in [-0.1, -0.05) is 6.07 Å². The van der Waals surface area contributed by atoms with E-state index < -0.39 is 0 Å². The SMILES string of the molecule is COc1ccc2c(c1)CCN1Cc3cc[nH]c3CC21. The van der Waals surface area contributed by atoms with Crippen LogP contribution < -0.4 is 4.74 Å². The molecule has 0 aliphatic carbocycles. The number of H-pyrrole nitrogens is 1. The first kappa shape index (κ1) is 11.1. The van der Waals surface area contributed by atoms with Crippen molar-refractivity contribution >= 4 is 0 Å². The largest absolute Gasteiger partial charge is 0.497 e. The Kier molecular flexibility index (Phi) is 2.42. The average Bonchev–Trinajstić information content (AvgIpc) is 2.91. The van der Waals surface area contributed by atoms with E-state index in [2.05, 4.69) is 40.3 Å². The molecule has 3 heteroatoms. The summed E-state index contributed by atoms with van der Waals surface area (Å²) in [7, 11) is 1.74. The summed E-state index contributed by atoms with van der Waals surface area (Å²) in [6.45, 7) is 2.23. The van der Waals surface area contributed by atoms with Gasteiger partial charge in [-0.3, -0.25) is 4.90 Å². The topological polar surface area (TPSA) is 28.3 Å². The maximum atomic E-state index is 5.34. The molecule has 0 spiro atoms. The Morgan fingerprint density at radius 3 is 3.11 bits per heavy atom. The monoisotopic (exact) mass is 254 g/mol. The summed E-state index contributed by atoms with van der Waals surface area (Å²) in [6.07, 6.45) is 4.29. The molecule has 4 rings (SSSR count). The number of benzene rings is 1. The van der Waals surface area contributed by atoms with Gasteiger partial charge in [0, 0.05) is 37.4 Å². The van der Waals surface area contributed by atoms with Crippen molar-refractivity contribution in [2.24, 2.45) is 0 Å². The van der Waals surface area contributed by atoms with Gasteiger partial charge in [0.2, 0.25) is 0 Å². The fourth-order valence-electron chi connectivity index (χ4n) is 3.48. The average molecular weight is 254 g/mol. The van der Waals surface area contributed by atoms with E-state index in [1.807, 2.05) is 0 Å². The summed E-state index contributed by atoms with van der Waals surface area (Å²) in [5.74, 6) is 0.976. The Labute approximate surface area is 113 Å². The lowest BCUT2D eigenvalue weighted by molar-refractivity contribution is 0.160. The molecule has 19 heavy (non-hydrogen) atoms. The van der Waals surface area contributed by atoms with Crippen LogP contribution in [0.2, 0.25) is 0 Å². The van der Waals surface area contributed by atoms with Crippen molar-refractivity contribution in [3.8, 4) is 5.75 Å². The van der Waals surface area contributed by atoms with Gasteiger partial charge in [-0.25, -0.2) is 0 Å². The van der Waals surface area contributed by atoms with Gasteiger partial charge in [0.1, 0.15) is 5.75 Å². The van der Waals surface area contributed by atoms with E-state index in [0.717, 1.165) is 31.7 Å². The van der Waals surface area contributed by atoms with Crippen molar-refractivity contribution in [3.63, 3.8) is 0 Å². The molecule has 0 fully saturated rings. The van der Waals surface area contributed by atoms with Crippen molar-refractivity contribution in [1.82, 2.24) is 9.88 Å². The Morgan fingerprint density at radius 1 is 1.26 bits per heavy atom. The predicted molar refractivity (Wildman–Crippen MR) is 74.3 cm³/mol. The van der Waals surface area contributed by atoms with Crippen molar-refractivity contribution in [3.05, 3.63) is 52.8 Å². The Morgan fingerprint density at radius 2 is 2.21 bits per heavy atom. The van der Waals surface area contributed by atoms with E-state index in [-0.39, 0.29) is 0 Å². The lowest BCUT2D eigenvalue weighted by Gasteiger charge is -2.40. The zero-order valence-electron chi connectivity index (χ0n) is 11.1. The van der Waals surface area contributed by atoms with Gasteiger partial charge in [-0.2, -0.15) is 0 Å². The zero-order chi connectivity index (χ0) is 12.8. The standard InChI is InChI=1S/C16H18N2O/c1-19-13-2-3-14-11(8-13)5-7-18-10-12-4-6-17-15(12)9-16(14)18/h2-4,6,8,16-17H,5,7,9-10H2,1H3. The summed E-state index contributed by atoms with van der Waals surface area (Å²) in [4.78, 5) is 5.99. The van der Waals surface area contributed by atoms with Crippen LogP contribution in [0.5, 0.6) is 5.75 Å². The first-order valence-corrected chi connectivity index (χ1v) is 6.91. The van der Waals surface area contributed by atoms with Crippen LogP contribution in [-0.2, 0) is 19.4 Å². The lowest BCUT2D eigenvalue weighted by atomic mass is 9.86. The molecule has 0 saturated carbocycles. The number of fused-ring (bicyclic) bond motifs is 4. The second kappa shape index (κ2) is 4.14. The lowest BCUT2D eigenvalue weighted by Crippen LogP contribution is -2.39. The Bertz CT molecular complexity index is 617. The minimum atomic E-state index is 0.529. The molecule has 1 unspecified atom stereocenters. The van der Waals surface area contributed by atoms with Gasteiger partial charge >= 0.3 is 0 Å². The highest BCUT2D eigenvalue weighted by atomic mass is 16.5. The zero-order valence-corrected chi connectivity index (χ0v) is 11.1.